The van der Waals surface area contributed by atoms with Gasteiger partial charge in [0.25, 0.3) is 0 Å². The van der Waals surface area contributed by atoms with Crippen LogP contribution >= 0.6 is 15.9 Å². The lowest BCUT2D eigenvalue weighted by Gasteiger charge is -2.05. The molecule has 0 atom stereocenters. The average molecular weight is 268 g/mol. The van der Waals surface area contributed by atoms with Gasteiger partial charge in [-0.1, -0.05) is 22.0 Å². The molecule has 0 fully saturated rings. The molecule has 0 unspecified atom stereocenters. The fourth-order valence-corrected chi connectivity index (χ4v) is 1.28. The quantitative estimate of drug-likeness (QED) is 0.624. The number of rotatable bonds is 3. The zero-order valence-corrected chi connectivity index (χ0v) is 9.87. The third-order valence-corrected chi connectivity index (χ3v) is 2.22. The number of alkyl halides is 1. The lowest BCUT2D eigenvalue weighted by molar-refractivity contribution is 0.0530. The lowest BCUT2D eigenvalue weighted by Crippen LogP contribution is -2.09. The van der Waals surface area contributed by atoms with E-state index in [4.69, 9.17) is 10.00 Å². The maximum absolute atomic E-state index is 11.5. The van der Waals surface area contributed by atoms with Crippen molar-refractivity contribution in [1.82, 2.24) is 0 Å². The van der Waals surface area contributed by atoms with Crippen molar-refractivity contribution in [3.05, 3.63) is 34.9 Å². The van der Waals surface area contributed by atoms with Gasteiger partial charge in [-0.25, -0.2) is 4.79 Å². The highest BCUT2D eigenvalue weighted by Crippen LogP contribution is 2.12. The number of ether oxygens (including phenoxy) is 1. The molecule has 4 heteroatoms. The predicted molar refractivity (Wildman–Crippen MR) is 60.0 cm³/mol. The average Bonchev–Trinajstić information content (AvgIpc) is 2.26. The Morgan fingerprint density at radius 3 is 2.93 bits per heavy atom. The summed E-state index contributed by atoms with van der Waals surface area (Å²) in [5.41, 5.74) is 1.73. The van der Waals surface area contributed by atoms with Crippen molar-refractivity contribution in [3.8, 4) is 6.07 Å². The van der Waals surface area contributed by atoms with E-state index in [1.165, 1.54) is 0 Å². The van der Waals surface area contributed by atoms with Crippen molar-refractivity contribution in [1.29, 1.82) is 5.26 Å². The number of carbonyl (C=O) groups excluding carboxylic acids is 1. The number of halogens is 1. The topological polar surface area (TPSA) is 50.1 Å². The van der Waals surface area contributed by atoms with Gasteiger partial charge in [-0.15, -0.1) is 0 Å². The van der Waals surface area contributed by atoms with Gasteiger partial charge in [-0.2, -0.15) is 5.26 Å². The van der Waals surface area contributed by atoms with Crippen molar-refractivity contribution in [2.75, 3.05) is 11.9 Å². The Bertz CT molecular complexity index is 410. The molecule has 0 heterocycles. The van der Waals surface area contributed by atoms with Gasteiger partial charge in [-0.05, 0) is 24.6 Å². The number of benzene rings is 1. The number of aryl methyl sites for hydroxylation is 1. The molecular weight excluding hydrogens is 258 g/mol. The lowest BCUT2D eigenvalue weighted by atomic mass is 10.1. The Balaban J connectivity index is 2.93. The molecule has 0 radical (unpaired) electrons. The summed E-state index contributed by atoms with van der Waals surface area (Å²) in [4.78, 5) is 11.5. The molecule has 1 rings (SSSR count). The molecule has 78 valence electrons. The zero-order chi connectivity index (χ0) is 11.3. The molecule has 1 aromatic rings. The van der Waals surface area contributed by atoms with Crippen LogP contribution in [0.15, 0.2) is 18.2 Å². The first kappa shape index (κ1) is 11.7. The summed E-state index contributed by atoms with van der Waals surface area (Å²) in [6.07, 6.45) is 0. The summed E-state index contributed by atoms with van der Waals surface area (Å²) in [6, 6.07) is 6.95. The van der Waals surface area contributed by atoms with Gasteiger partial charge in [-0.3, -0.25) is 0 Å². The molecular formula is C11H10BrNO2. The Labute approximate surface area is 96.8 Å². The molecule has 0 saturated heterocycles. The maximum atomic E-state index is 11.5. The van der Waals surface area contributed by atoms with E-state index in [1.54, 1.807) is 18.2 Å². The summed E-state index contributed by atoms with van der Waals surface area (Å²) < 4.78 is 4.96. The first-order valence-electron chi connectivity index (χ1n) is 4.43. The second kappa shape index (κ2) is 5.52. The minimum Gasteiger partial charge on any atom is -0.461 e. The molecule has 0 N–H and O–H groups in total. The summed E-state index contributed by atoms with van der Waals surface area (Å²) in [6.45, 7) is 2.14. The number of esters is 1. The van der Waals surface area contributed by atoms with Crippen LogP contribution in [-0.4, -0.2) is 17.9 Å². The first-order valence-corrected chi connectivity index (χ1v) is 5.55. The van der Waals surface area contributed by atoms with Crippen LogP contribution in [0.4, 0.5) is 0 Å². The number of carbonyl (C=O) groups is 1. The molecule has 0 aliphatic heterocycles. The molecule has 0 aliphatic rings. The number of nitrogens with zero attached hydrogens (tertiary/aromatic N) is 1. The third kappa shape index (κ3) is 3.07. The van der Waals surface area contributed by atoms with Gasteiger partial charge >= 0.3 is 5.97 Å². The van der Waals surface area contributed by atoms with Gasteiger partial charge in [0.15, 0.2) is 0 Å². The van der Waals surface area contributed by atoms with Crippen LogP contribution in [0.25, 0.3) is 0 Å². The smallest absolute Gasteiger partial charge is 0.338 e. The minimum atomic E-state index is -0.385. The van der Waals surface area contributed by atoms with E-state index in [1.807, 2.05) is 13.0 Å². The second-order valence-corrected chi connectivity index (χ2v) is 3.76. The molecule has 15 heavy (non-hydrogen) atoms. The van der Waals surface area contributed by atoms with Crippen molar-refractivity contribution in [2.24, 2.45) is 0 Å². The van der Waals surface area contributed by atoms with E-state index >= 15 is 0 Å². The van der Waals surface area contributed by atoms with E-state index in [2.05, 4.69) is 15.9 Å². The van der Waals surface area contributed by atoms with Crippen LogP contribution < -0.4 is 0 Å². The summed E-state index contributed by atoms with van der Waals surface area (Å²) in [5.74, 6) is -0.385. The molecule has 0 aromatic heterocycles. The van der Waals surface area contributed by atoms with Crippen LogP contribution in [0.2, 0.25) is 0 Å². The number of hydrogen-bond acceptors (Lipinski definition) is 3. The minimum absolute atomic E-state index is 0.328. The van der Waals surface area contributed by atoms with Crippen LogP contribution in [-0.2, 0) is 4.74 Å². The third-order valence-electron chi connectivity index (χ3n) is 1.90. The van der Waals surface area contributed by atoms with E-state index in [0.717, 1.165) is 5.56 Å². The van der Waals surface area contributed by atoms with E-state index < -0.39 is 0 Å². The Morgan fingerprint density at radius 2 is 2.33 bits per heavy atom. The monoisotopic (exact) mass is 267 g/mol. The number of nitriles is 1. The molecule has 0 saturated carbocycles. The van der Waals surface area contributed by atoms with Gasteiger partial charge in [0.1, 0.15) is 6.61 Å². The molecule has 0 amide bonds. The first-order chi connectivity index (χ1) is 7.19. The largest absolute Gasteiger partial charge is 0.461 e. The predicted octanol–water partition coefficient (Wildman–Crippen LogP) is 2.42. The number of hydrogen-bond donors (Lipinski definition) is 0. The van der Waals surface area contributed by atoms with Crippen molar-refractivity contribution in [3.63, 3.8) is 0 Å². The van der Waals surface area contributed by atoms with Crippen molar-refractivity contribution >= 4 is 21.9 Å². The highest BCUT2D eigenvalue weighted by Gasteiger charge is 2.10. The van der Waals surface area contributed by atoms with Crippen LogP contribution in [0.5, 0.6) is 0 Å². The van der Waals surface area contributed by atoms with E-state index in [0.29, 0.717) is 23.1 Å². The standard InChI is InChI=1S/C11H10BrNO2/c1-8-2-3-9(7-13)6-10(8)11(14)15-5-4-12/h2-3,6H,4-5H2,1H3. The van der Waals surface area contributed by atoms with Crippen molar-refractivity contribution in [2.45, 2.75) is 6.92 Å². The Morgan fingerprint density at radius 1 is 1.60 bits per heavy atom. The SMILES string of the molecule is Cc1ccc(C#N)cc1C(=O)OCCBr. The Hall–Kier alpha value is -1.34. The molecule has 3 nitrogen and oxygen atoms in total. The molecule has 1 aromatic carbocycles. The summed E-state index contributed by atoms with van der Waals surface area (Å²) in [5, 5.41) is 9.31. The maximum Gasteiger partial charge on any atom is 0.338 e. The van der Waals surface area contributed by atoms with Gasteiger partial charge < -0.3 is 4.74 Å². The van der Waals surface area contributed by atoms with Crippen molar-refractivity contribution < 1.29 is 9.53 Å². The van der Waals surface area contributed by atoms with Crippen LogP contribution in [0.3, 0.4) is 0 Å². The molecule has 0 spiro atoms. The van der Waals surface area contributed by atoms with Crippen LogP contribution in [0.1, 0.15) is 21.5 Å². The normalized spacial score (nSPS) is 9.40. The Kier molecular flexibility index (Phi) is 4.32. The fraction of sp³-hybridized carbons (Fsp3) is 0.273. The molecule has 0 bridgehead atoms. The summed E-state index contributed by atoms with van der Waals surface area (Å²) in [7, 11) is 0. The van der Waals surface area contributed by atoms with Crippen LogP contribution in [0, 0.1) is 18.3 Å². The van der Waals surface area contributed by atoms with E-state index in [9.17, 15) is 4.79 Å². The summed E-state index contributed by atoms with van der Waals surface area (Å²) >= 11 is 3.17. The highest BCUT2D eigenvalue weighted by molar-refractivity contribution is 9.09. The van der Waals surface area contributed by atoms with Gasteiger partial charge in [0, 0.05) is 5.33 Å². The van der Waals surface area contributed by atoms with E-state index in [-0.39, 0.29) is 5.97 Å². The highest BCUT2D eigenvalue weighted by atomic mass is 79.9. The zero-order valence-electron chi connectivity index (χ0n) is 8.29. The van der Waals surface area contributed by atoms with Gasteiger partial charge in [0.2, 0.25) is 0 Å². The fourth-order valence-electron chi connectivity index (χ4n) is 1.12. The molecule has 0 aliphatic carbocycles. The van der Waals surface area contributed by atoms with Gasteiger partial charge in [0.05, 0.1) is 17.2 Å². The second-order valence-electron chi connectivity index (χ2n) is 2.97.